The molecule has 1 aliphatic carbocycles. The first-order valence-corrected chi connectivity index (χ1v) is 5.80. The van der Waals surface area contributed by atoms with Crippen molar-refractivity contribution in [2.24, 2.45) is 11.8 Å². The molecule has 80 valence electrons. The molecule has 0 aromatic carbocycles. The van der Waals surface area contributed by atoms with Crippen molar-refractivity contribution in [1.82, 2.24) is 0 Å². The van der Waals surface area contributed by atoms with E-state index >= 15 is 0 Å². The SMILES string of the molecule is CCC(=O)CC(C)C1CC=C(C)CC1. The summed E-state index contributed by atoms with van der Waals surface area (Å²) in [4.78, 5) is 11.3. The second-order valence-electron chi connectivity index (χ2n) is 4.66. The third kappa shape index (κ3) is 3.28. The van der Waals surface area contributed by atoms with Crippen LogP contribution in [0.25, 0.3) is 0 Å². The Bertz CT molecular complexity index is 227. The summed E-state index contributed by atoms with van der Waals surface area (Å²) in [6, 6.07) is 0. The molecular weight excluding hydrogens is 172 g/mol. The van der Waals surface area contributed by atoms with Crippen LogP contribution in [0.1, 0.15) is 52.9 Å². The van der Waals surface area contributed by atoms with Gasteiger partial charge in [0.1, 0.15) is 5.78 Å². The van der Waals surface area contributed by atoms with Crippen molar-refractivity contribution >= 4 is 5.78 Å². The Balaban J connectivity index is 2.38. The normalized spacial score (nSPS) is 24.2. The highest BCUT2D eigenvalue weighted by atomic mass is 16.1. The van der Waals surface area contributed by atoms with E-state index in [0.29, 0.717) is 18.1 Å². The first-order valence-electron chi connectivity index (χ1n) is 5.80. The summed E-state index contributed by atoms with van der Waals surface area (Å²) in [5, 5.41) is 0. The minimum atomic E-state index is 0.420. The maximum atomic E-state index is 11.3. The van der Waals surface area contributed by atoms with Gasteiger partial charge in [0.25, 0.3) is 0 Å². The molecule has 0 aromatic rings. The zero-order valence-corrected chi connectivity index (χ0v) is 9.68. The summed E-state index contributed by atoms with van der Waals surface area (Å²) >= 11 is 0. The molecule has 0 aliphatic heterocycles. The highest BCUT2D eigenvalue weighted by molar-refractivity contribution is 5.78. The molecule has 0 saturated carbocycles. The van der Waals surface area contributed by atoms with Crippen LogP contribution < -0.4 is 0 Å². The van der Waals surface area contributed by atoms with Gasteiger partial charge < -0.3 is 0 Å². The third-order valence-electron chi connectivity index (χ3n) is 3.43. The number of hydrogen-bond donors (Lipinski definition) is 0. The molecule has 1 rings (SSSR count). The summed E-state index contributed by atoms with van der Waals surface area (Å²) in [6.07, 6.45) is 7.53. The minimum Gasteiger partial charge on any atom is -0.300 e. The van der Waals surface area contributed by atoms with E-state index in [1.54, 1.807) is 0 Å². The van der Waals surface area contributed by atoms with E-state index < -0.39 is 0 Å². The minimum absolute atomic E-state index is 0.420. The van der Waals surface area contributed by atoms with Crippen LogP contribution in [-0.2, 0) is 4.79 Å². The molecule has 0 spiro atoms. The van der Waals surface area contributed by atoms with Crippen molar-refractivity contribution in [2.45, 2.75) is 52.9 Å². The van der Waals surface area contributed by atoms with E-state index in [2.05, 4.69) is 19.9 Å². The van der Waals surface area contributed by atoms with Crippen LogP contribution in [-0.4, -0.2) is 5.78 Å². The average Bonchev–Trinajstić information content (AvgIpc) is 2.18. The van der Waals surface area contributed by atoms with E-state index in [1.165, 1.54) is 24.8 Å². The van der Waals surface area contributed by atoms with Gasteiger partial charge >= 0.3 is 0 Å². The van der Waals surface area contributed by atoms with Crippen LogP contribution in [0.4, 0.5) is 0 Å². The van der Waals surface area contributed by atoms with Gasteiger partial charge in [0, 0.05) is 12.8 Å². The smallest absolute Gasteiger partial charge is 0.132 e. The molecule has 0 N–H and O–H groups in total. The topological polar surface area (TPSA) is 17.1 Å². The number of allylic oxidation sites excluding steroid dienone is 2. The lowest BCUT2D eigenvalue weighted by atomic mass is 9.79. The Morgan fingerprint density at radius 3 is 2.86 bits per heavy atom. The molecule has 0 aromatic heterocycles. The Kier molecular flexibility index (Phi) is 4.37. The maximum absolute atomic E-state index is 11.3. The monoisotopic (exact) mass is 194 g/mol. The summed E-state index contributed by atoms with van der Waals surface area (Å²) in [6.45, 7) is 6.39. The predicted molar refractivity (Wildman–Crippen MR) is 60.2 cm³/mol. The van der Waals surface area contributed by atoms with Crippen LogP contribution in [0.5, 0.6) is 0 Å². The standard InChI is InChI=1S/C13H22O/c1-4-13(14)9-11(3)12-7-5-10(2)6-8-12/h5,11-12H,4,6-9H2,1-3H3. The van der Waals surface area contributed by atoms with Gasteiger partial charge in [-0.15, -0.1) is 0 Å². The largest absolute Gasteiger partial charge is 0.300 e. The van der Waals surface area contributed by atoms with Gasteiger partial charge in [0.2, 0.25) is 0 Å². The molecule has 1 heteroatoms. The first-order chi connectivity index (χ1) is 6.63. The molecule has 0 fully saturated rings. The molecule has 0 amide bonds. The van der Waals surface area contributed by atoms with Crippen molar-refractivity contribution in [1.29, 1.82) is 0 Å². The summed E-state index contributed by atoms with van der Waals surface area (Å²) in [5.41, 5.74) is 1.52. The maximum Gasteiger partial charge on any atom is 0.132 e. The molecule has 0 bridgehead atoms. The van der Waals surface area contributed by atoms with E-state index in [0.717, 1.165) is 12.3 Å². The zero-order chi connectivity index (χ0) is 10.6. The van der Waals surface area contributed by atoms with Crippen molar-refractivity contribution in [3.63, 3.8) is 0 Å². The van der Waals surface area contributed by atoms with Crippen LogP contribution in [0.15, 0.2) is 11.6 Å². The van der Waals surface area contributed by atoms with E-state index in [9.17, 15) is 4.79 Å². The Hall–Kier alpha value is -0.590. The van der Waals surface area contributed by atoms with Gasteiger partial charge in [0.15, 0.2) is 0 Å². The number of carbonyl (C=O) groups excluding carboxylic acids is 1. The van der Waals surface area contributed by atoms with Crippen molar-refractivity contribution < 1.29 is 4.79 Å². The van der Waals surface area contributed by atoms with E-state index in [4.69, 9.17) is 0 Å². The number of rotatable bonds is 4. The second-order valence-corrected chi connectivity index (χ2v) is 4.66. The fourth-order valence-electron chi connectivity index (χ4n) is 2.17. The predicted octanol–water partition coefficient (Wildman–Crippen LogP) is 3.74. The summed E-state index contributed by atoms with van der Waals surface area (Å²) < 4.78 is 0. The van der Waals surface area contributed by atoms with E-state index in [1.807, 2.05) is 6.92 Å². The highest BCUT2D eigenvalue weighted by Crippen LogP contribution is 2.30. The van der Waals surface area contributed by atoms with Gasteiger partial charge in [-0.2, -0.15) is 0 Å². The zero-order valence-electron chi connectivity index (χ0n) is 9.68. The molecule has 0 heterocycles. The van der Waals surface area contributed by atoms with Gasteiger partial charge in [0.05, 0.1) is 0 Å². The van der Waals surface area contributed by atoms with Crippen LogP contribution in [0.2, 0.25) is 0 Å². The Labute approximate surface area is 87.6 Å². The number of ketones is 1. The van der Waals surface area contributed by atoms with Gasteiger partial charge in [-0.1, -0.05) is 25.5 Å². The molecule has 14 heavy (non-hydrogen) atoms. The molecule has 1 nitrogen and oxygen atoms in total. The molecule has 2 atom stereocenters. The fourth-order valence-corrected chi connectivity index (χ4v) is 2.17. The second kappa shape index (κ2) is 5.33. The lowest BCUT2D eigenvalue weighted by Gasteiger charge is -2.26. The summed E-state index contributed by atoms with van der Waals surface area (Å²) in [5.74, 6) is 1.74. The lowest BCUT2D eigenvalue weighted by Crippen LogP contribution is -2.17. The molecular formula is C13H22O. The lowest BCUT2D eigenvalue weighted by molar-refractivity contribution is -0.119. The quantitative estimate of drug-likeness (QED) is 0.623. The highest BCUT2D eigenvalue weighted by Gasteiger charge is 2.20. The van der Waals surface area contributed by atoms with Crippen molar-refractivity contribution in [2.75, 3.05) is 0 Å². The Morgan fingerprint density at radius 2 is 2.36 bits per heavy atom. The van der Waals surface area contributed by atoms with Crippen molar-refractivity contribution in [3.8, 4) is 0 Å². The van der Waals surface area contributed by atoms with Crippen molar-refractivity contribution in [3.05, 3.63) is 11.6 Å². The Morgan fingerprint density at radius 1 is 1.64 bits per heavy atom. The molecule has 1 aliphatic rings. The molecule has 2 unspecified atom stereocenters. The number of Topliss-reactive ketones (excluding diaryl/α,β-unsaturated/α-hetero) is 1. The first kappa shape index (κ1) is 11.5. The summed E-state index contributed by atoms with van der Waals surface area (Å²) in [7, 11) is 0. The van der Waals surface area contributed by atoms with E-state index in [-0.39, 0.29) is 0 Å². The van der Waals surface area contributed by atoms with Crippen LogP contribution >= 0.6 is 0 Å². The molecule has 0 saturated heterocycles. The number of hydrogen-bond acceptors (Lipinski definition) is 1. The third-order valence-corrected chi connectivity index (χ3v) is 3.43. The average molecular weight is 194 g/mol. The fraction of sp³-hybridized carbons (Fsp3) is 0.769. The van der Waals surface area contributed by atoms with Crippen LogP contribution in [0, 0.1) is 11.8 Å². The molecule has 0 radical (unpaired) electrons. The van der Waals surface area contributed by atoms with Crippen LogP contribution in [0.3, 0.4) is 0 Å². The van der Waals surface area contributed by atoms with Gasteiger partial charge in [-0.05, 0) is 38.0 Å². The van der Waals surface area contributed by atoms with Gasteiger partial charge in [-0.3, -0.25) is 4.79 Å². The number of carbonyl (C=O) groups is 1. The van der Waals surface area contributed by atoms with Gasteiger partial charge in [-0.25, -0.2) is 0 Å².